The Labute approximate surface area is 162 Å². The van der Waals surface area contributed by atoms with Crippen molar-refractivity contribution in [2.24, 2.45) is 0 Å². The van der Waals surface area contributed by atoms with Crippen LogP contribution in [0.1, 0.15) is 17.3 Å². The molecule has 0 saturated carbocycles. The Morgan fingerprint density at radius 3 is 2.54 bits per heavy atom. The van der Waals surface area contributed by atoms with Gasteiger partial charge >= 0.3 is 0 Å². The molecule has 140 valence electrons. The second kappa shape index (κ2) is 7.44. The molecule has 1 heterocycles. The number of carbonyl (C=O) groups is 2. The third-order valence-corrected chi connectivity index (χ3v) is 4.39. The number of hydrogen-bond donors (Lipinski definition) is 3. The first-order valence-corrected chi connectivity index (χ1v) is 8.94. The van der Waals surface area contributed by atoms with Gasteiger partial charge in [-0.15, -0.1) is 0 Å². The highest BCUT2D eigenvalue weighted by atomic mass is 16.5. The second-order valence-corrected chi connectivity index (χ2v) is 6.45. The zero-order valence-corrected chi connectivity index (χ0v) is 15.2. The van der Waals surface area contributed by atoms with Crippen LogP contribution in [0, 0.1) is 0 Å². The maximum Gasteiger partial charge on any atom is 0.265 e. The molecule has 0 saturated heterocycles. The van der Waals surface area contributed by atoms with Crippen LogP contribution in [0.15, 0.2) is 72.8 Å². The van der Waals surface area contributed by atoms with Crippen molar-refractivity contribution in [2.45, 2.75) is 13.0 Å². The fourth-order valence-electron chi connectivity index (χ4n) is 2.95. The summed E-state index contributed by atoms with van der Waals surface area (Å²) in [5, 5.41) is 8.92. The molecule has 0 fully saturated rings. The van der Waals surface area contributed by atoms with Crippen LogP contribution in [0.3, 0.4) is 0 Å². The molecule has 3 aromatic rings. The van der Waals surface area contributed by atoms with E-state index in [4.69, 9.17) is 4.74 Å². The first-order chi connectivity index (χ1) is 13.6. The van der Waals surface area contributed by atoms with Gasteiger partial charge in [0.2, 0.25) is 0 Å². The van der Waals surface area contributed by atoms with E-state index in [0.29, 0.717) is 28.4 Å². The molecular formula is C22H19N3O3. The molecule has 1 aliphatic rings. The van der Waals surface area contributed by atoms with Gasteiger partial charge in [-0.1, -0.05) is 30.3 Å². The van der Waals surface area contributed by atoms with E-state index in [1.165, 1.54) is 0 Å². The number of benzene rings is 3. The van der Waals surface area contributed by atoms with Gasteiger partial charge in [0.25, 0.3) is 11.8 Å². The Morgan fingerprint density at radius 2 is 1.71 bits per heavy atom. The lowest BCUT2D eigenvalue weighted by Gasteiger charge is -2.23. The molecule has 0 aromatic heterocycles. The number of ether oxygens (including phenoxy) is 1. The van der Waals surface area contributed by atoms with Crippen LogP contribution >= 0.6 is 0 Å². The monoisotopic (exact) mass is 373 g/mol. The molecule has 2 amide bonds. The number of nitrogens with one attached hydrogen (secondary N) is 3. The summed E-state index contributed by atoms with van der Waals surface area (Å²) in [5.41, 5.74) is 3.21. The van der Waals surface area contributed by atoms with Crippen molar-refractivity contribution < 1.29 is 14.3 Å². The van der Waals surface area contributed by atoms with Gasteiger partial charge in [0.15, 0.2) is 6.10 Å². The molecule has 1 atom stereocenters. The van der Waals surface area contributed by atoms with E-state index in [1.54, 1.807) is 31.2 Å². The Morgan fingerprint density at radius 1 is 0.964 bits per heavy atom. The molecule has 6 heteroatoms. The average Bonchev–Trinajstić information content (AvgIpc) is 2.70. The van der Waals surface area contributed by atoms with Gasteiger partial charge in [-0.05, 0) is 49.4 Å². The Bertz CT molecular complexity index is 1030. The maximum absolute atomic E-state index is 12.8. The highest BCUT2D eigenvalue weighted by Crippen LogP contribution is 2.32. The summed E-state index contributed by atoms with van der Waals surface area (Å²) in [6, 6.07) is 22.1. The normalized spacial score (nSPS) is 15.0. The number of fused-ring (bicyclic) bond motifs is 1. The van der Waals surface area contributed by atoms with E-state index in [1.807, 2.05) is 48.5 Å². The summed E-state index contributed by atoms with van der Waals surface area (Å²) in [4.78, 5) is 24.6. The summed E-state index contributed by atoms with van der Waals surface area (Å²) in [6.07, 6.45) is -0.538. The van der Waals surface area contributed by atoms with Crippen molar-refractivity contribution in [2.75, 3.05) is 16.0 Å². The van der Waals surface area contributed by atoms with Crippen molar-refractivity contribution in [3.8, 4) is 5.75 Å². The van der Waals surface area contributed by atoms with E-state index in [2.05, 4.69) is 16.0 Å². The molecule has 1 aliphatic heterocycles. The molecule has 3 N–H and O–H groups in total. The molecule has 3 aromatic carbocycles. The van der Waals surface area contributed by atoms with Crippen LogP contribution in [0.2, 0.25) is 0 Å². The summed E-state index contributed by atoms with van der Waals surface area (Å²) in [5.74, 6) is 0.111. The Hall–Kier alpha value is -3.80. The largest absolute Gasteiger partial charge is 0.479 e. The summed E-state index contributed by atoms with van der Waals surface area (Å²) in [7, 11) is 0. The number of hydrogen-bond acceptors (Lipinski definition) is 4. The van der Waals surface area contributed by atoms with Gasteiger partial charge in [-0.3, -0.25) is 9.59 Å². The summed E-state index contributed by atoms with van der Waals surface area (Å²) < 4.78 is 5.54. The van der Waals surface area contributed by atoms with E-state index in [0.717, 1.165) is 5.69 Å². The Balaban J connectivity index is 1.55. The second-order valence-electron chi connectivity index (χ2n) is 6.45. The Kier molecular flexibility index (Phi) is 4.68. The molecule has 1 unspecified atom stereocenters. The van der Waals surface area contributed by atoms with Gasteiger partial charge in [-0.2, -0.15) is 0 Å². The fourth-order valence-corrected chi connectivity index (χ4v) is 2.95. The third-order valence-electron chi connectivity index (χ3n) is 4.39. The molecule has 6 nitrogen and oxygen atoms in total. The number of anilines is 4. The minimum atomic E-state index is -0.538. The summed E-state index contributed by atoms with van der Waals surface area (Å²) in [6.45, 7) is 1.69. The van der Waals surface area contributed by atoms with E-state index in [9.17, 15) is 9.59 Å². The lowest BCUT2D eigenvalue weighted by molar-refractivity contribution is -0.122. The molecule has 0 bridgehead atoms. The average molecular weight is 373 g/mol. The molecule has 28 heavy (non-hydrogen) atoms. The lowest BCUT2D eigenvalue weighted by Crippen LogP contribution is -2.34. The topological polar surface area (TPSA) is 79.5 Å². The fraction of sp³-hybridized carbons (Fsp3) is 0.0909. The number of carbonyl (C=O) groups excluding carboxylic acids is 2. The van der Waals surface area contributed by atoms with Crippen molar-refractivity contribution in [3.63, 3.8) is 0 Å². The zero-order valence-electron chi connectivity index (χ0n) is 15.2. The third kappa shape index (κ3) is 3.66. The van der Waals surface area contributed by atoms with E-state index >= 15 is 0 Å². The van der Waals surface area contributed by atoms with Crippen molar-refractivity contribution in [1.82, 2.24) is 0 Å². The summed E-state index contributed by atoms with van der Waals surface area (Å²) >= 11 is 0. The highest BCUT2D eigenvalue weighted by molar-refractivity contribution is 6.09. The predicted molar refractivity (Wildman–Crippen MR) is 109 cm³/mol. The first-order valence-electron chi connectivity index (χ1n) is 8.94. The van der Waals surface area contributed by atoms with Crippen LogP contribution in [0.5, 0.6) is 5.75 Å². The smallest absolute Gasteiger partial charge is 0.265 e. The molecule has 0 spiro atoms. The lowest BCUT2D eigenvalue weighted by atomic mass is 10.1. The highest BCUT2D eigenvalue weighted by Gasteiger charge is 2.23. The number of amides is 2. The van der Waals surface area contributed by atoms with Gasteiger partial charge in [0, 0.05) is 11.4 Å². The minimum Gasteiger partial charge on any atom is -0.479 e. The van der Waals surface area contributed by atoms with Gasteiger partial charge < -0.3 is 20.7 Å². The van der Waals surface area contributed by atoms with Gasteiger partial charge in [0.1, 0.15) is 5.75 Å². The van der Waals surface area contributed by atoms with Gasteiger partial charge in [-0.25, -0.2) is 0 Å². The molecule has 0 radical (unpaired) electrons. The van der Waals surface area contributed by atoms with Crippen molar-refractivity contribution >= 4 is 34.6 Å². The van der Waals surface area contributed by atoms with Crippen molar-refractivity contribution in [3.05, 3.63) is 78.4 Å². The van der Waals surface area contributed by atoms with Crippen LogP contribution in [0.4, 0.5) is 22.7 Å². The SMILES string of the molecule is CC1Oc2ccc(NC(=O)c3ccccc3Nc3ccccc3)cc2NC1=O. The van der Waals surface area contributed by atoms with E-state index < -0.39 is 6.10 Å². The van der Waals surface area contributed by atoms with Crippen LogP contribution < -0.4 is 20.7 Å². The quantitative estimate of drug-likeness (QED) is 0.633. The van der Waals surface area contributed by atoms with Crippen molar-refractivity contribution in [1.29, 1.82) is 0 Å². The molecule has 0 aliphatic carbocycles. The first kappa shape index (κ1) is 17.6. The van der Waals surface area contributed by atoms with Crippen LogP contribution in [-0.4, -0.2) is 17.9 Å². The van der Waals surface area contributed by atoms with E-state index in [-0.39, 0.29) is 11.8 Å². The van der Waals surface area contributed by atoms with Gasteiger partial charge in [0.05, 0.1) is 16.9 Å². The number of para-hydroxylation sites is 2. The maximum atomic E-state index is 12.8. The number of rotatable bonds is 4. The zero-order chi connectivity index (χ0) is 19.5. The van der Waals surface area contributed by atoms with Crippen LogP contribution in [-0.2, 0) is 4.79 Å². The molecular weight excluding hydrogens is 354 g/mol. The van der Waals surface area contributed by atoms with Crippen LogP contribution in [0.25, 0.3) is 0 Å². The standard InChI is InChI=1S/C22H19N3O3/c1-14-21(26)25-19-13-16(11-12-20(19)28-14)24-22(27)17-9-5-6-10-18(17)23-15-7-3-2-4-8-15/h2-14,23H,1H3,(H,24,27)(H,25,26). The minimum absolute atomic E-state index is 0.214. The molecule has 4 rings (SSSR count). The predicted octanol–water partition coefficient (Wildman–Crippen LogP) is 4.40.